The van der Waals surface area contributed by atoms with Gasteiger partial charge in [-0.2, -0.15) is 0 Å². The first-order valence-electron chi connectivity index (χ1n) is 15.5. The molecule has 0 saturated heterocycles. The molecule has 0 radical (unpaired) electrons. The van der Waals surface area contributed by atoms with E-state index in [2.05, 4.69) is 19.2 Å². The molecule has 0 aromatic carbocycles. The highest BCUT2D eigenvalue weighted by Gasteiger charge is 2.23. The van der Waals surface area contributed by atoms with Crippen LogP contribution in [0.3, 0.4) is 0 Å². The van der Waals surface area contributed by atoms with Crippen molar-refractivity contribution in [3.63, 3.8) is 0 Å². The Morgan fingerprint density at radius 1 is 0.692 bits per heavy atom. The smallest absolute Gasteiger partial charge is 0.463 e. The maximum atomic E-state index is 11.9. The van der Waals surface area contributed by atoms with E-state index in [1.165, 1.54) is 77.0 Å². The SMILES string of the molecule is CCCCCCCCCCCC(=O)NCCOP(=O)(O)OCC(O)COC(=O)CCCCCCCCCCC. The molecule has 9 nitrogen and oxygen atoms in total. The van der Waals surface area contributed by atoms with Crippen LogP contribution in [0.4, 0.5) is 0 Å². The second-order valence-corrected chi connectivity index (χ2v) is 11.9. The number of carbonyl (C=O) groups excluding carboxylic acids is 2. The van der Waals surface area contributed by atoms with Gasteiger partial charge in [0, 0.05) is 19.4 Å². The number of aliphatic hydroxyl groups is 1. The average molecular weight is 580 g/mol. The van der Waals surface area contributed by atoms with E-state index in [9.17, 15) is 24.2 Å². The fourth-order valence-electron chi connectivity index (χ4n) is 4.14. The summed E-state index contributed by atoms with van der Waals surface area (Å²) in [6.07, 6.45) is 20.4. The van der Waals surface area contributed by atoms with Gasteiger partial charge >= 0.3 is 13.8 Å². The average Bonchev–Trinajstić information content (AvgIpc) is 2.91. The summed E-state index contributed by atoms with van der Waals surface area (Å²) in [6, 6.07) is 0. The Morgan fingerprint density at radius 3 is 1.67 bits per heavy atom. The Bertz CT molecular complexity index is 634. The van der Waals surface area contributed by atoms with E-state index in [0.29, 0.717) is 6.42 Å². The van der Waals surface area contributed by atoms with Gasteiger partial charge in [-0.25, -0.2) is 4.57 Å². The third-order valence-corrected chi connectivity index (χ3v) is 7.52. The zero-order valence-corrected chi connectivity index (χ0v) is 25.7. The maximum Gasteiger partial charge on any atom is 0.472 e. The molecule has 39 heavy (non-hydrogen) atoms. The number of phosphoric ester groups is 1. The van der Waals surface area contributed by atoms with Gasteiger partial charge in [0.15, 0.2) is 0 Å². The predicted molar refractivity (Wildman–Crippen MR) is 155 cm³/mol. The zero-order valence-electron chi connectivity index (χ0n) is 24.8. The minimum absolute atomic E-state index is 0.0865. The van der Waals surface area contributed by atoms with Crippen molar-refractivity contribution in [2.45, 2.75) is 148 Å². The fourth-order valence-corrected chi connectivity index (χ4v) is 4.90. The third kappa shape index (κ3) is 28.3. The van der Waals surface area contributed by atoms with Crippen LogP contribution in [-0.4, -0.2) is 54.3 Å². The molecule has 0 fully saturated rings. The highest BCUT2D eigenvalue weighted by atomic mass is 31.2. The van der Waals surface area contributed by atoms with Gasteiger partial charge in [-0.3, -0.25) is 18.6 Å². The van der Waals surface area contributed by atoms with Crippen LogP contribution in [0, 0.1) is 0 Å². The highest BCUT2D eigenvalue weighted by Crippen LogP contribution is 2.42. The fraction of sp³-hybridized carbons (Fsp3) is 0.931. The monoisotopic (exact) mass is 579 g/mol. The van der Waals surface area contributed by atoms with E-state index >= 15 is 0 Å². The molecule has 0 heterocycles. The molecule has 10 heteroatoms. The maximum absolute atomic E-state index is 11.9. The molecule has 0 aliphatic rings. The Balaban J connectivity index is 3.67. The summed E-state index contributed by atoms with van der Waals surface area (Å²) in [5.74, 6) is -0.520. The Hall–Kier alpha value is -0.990. The van der Waals surface area contributed by atoms with Gasteiger partial charge in [0.05, 0.1) is 13.2 Å². The number of amides is 1. The Morgan fingerprint density at radius 2 is 1.15 bits per heavy atom. The van der Waals surface area contributed by atoms with Crippen molar-refractivity contribution >= 4 is 19.7 Å². The van der Waals surface area contributed by atoms with Crippen LogP contribution in [0.15, 0.2) is 0 Å². The second kappa shape index (κ2) is 27.2. The molecular weight excluding hydrogens is 521 g/mol. The number of nitrogens with one attached hydrogen (secondary N) is 1. The van der Waals surface area contributed by atoms with Gasteiger partial charge in [0.1, 0.15) is 12.7 Å². The quantitative estimate of drug-likeness (QED) is 0.0491. The lowest BCUT2D eigenvalue weighted by atomic mass is 10.1. The summed E-state index contributed by atoms with van der Waals surface area (Å²) < 4.78 is 26.5. The van der Waals surface area contributed by atoms with E-state index in [0.717, 1.165) is 38.5 Å². The zero-order chi connectivity index (χ0) is 29.0. The minimum Gasteiger partial charge on any atom is -0.463 e. The molecular formula is C29H58NO8P. The van der Waals surface area contributed by atoms with E-state index in [1.807, 2.05) is 0 Å². The molecule has 0 aliphatic carbocycles. The summed E-state index contributed by atoms with van der Waals surface area (Å²) in [6.45, 7) is 3.48. The standard InChI is InChI=1S/C29H58NO8P/c1-3-5-7-9-11-13-15-17-19-21-28(32)30-23-24-37-39(34,35)38-26-27(31)25-36-29(33)22-20-18-16-14-12-10-8-6-4-2/h27,31H,3-26H2,1-2H3,(H,30,32)(H,34,35). The molecule has 0 aromatic rings. The summed E-state index contributed by atoms with van der Waals surface area (Å²) in [5, 5.41) is 12.5. The van der Waals surface area contributed by atoms with E-state index in [-0.39, 0.29) is 32.1 Å². The van der Waals surface area contributed by atoms with Crippen molar-refractivity contribution in [3.8, 4) is 0 Å². The van der Waals surface area contributed by atoms with Crippen molar-refractivity contribution in [1.29, 1.82) is 0 Å². The van der Waals surface area contributed by atoms with Crippen molar-refractivity contribution < 1.29 is 37.9 Å². The van der Waals surface area contributed by atoms with Crippen LogP contribution in [0.25, 0.3) is 0 Å². The first kappa shape index (κ1) is 38.0. The number of carbonyl (C=O) groups is 2. The van der Waals surface area contributed by atoms with Crippen LogP contribution in [0.2, 0.25) is 0 Å². The van der Waals surface area contributed by atoms with Crippen LogP contribution in [0.1, 0.15) is 142 Å². The van der Waals surface area contributed by atoms with Crippen LogP contribution < -0.4 is 5.32 Å². The molecule has 0 spiro atoms. The summed E-state index contributed by atoms with van der Waals surface area (Å²) in [7, 11) is -4.39. The summed E-state index contributed by atoms with van der Waals surface area (Å²) in [4.78, 5) is 33.4. The van der Waals surface area contributed by atoms with Crippen molar-refractivity contribution in [1.82, 2.24) is 5.32 Å². The molecule has 0 saturated carbocycles. The van der Waals surface area contributed by atoms with Crippen LogP contribution in [-0.2, 0) is 27.9 Å². The molecule has 0 bridgehead atoms. The Kier molecular flexibility index (Phi) is 26.5. The van der Waals surface area contributed by atoms with E-state index in [4.69, 9.17) is 13.8 Å². The van der Waals surface area contributed by atoms with Gasteiger partial charge in [-0.05, 0) is 12.8 Å². The molecule has 2 atom stereocenters. The van der Waals surface area contributed by atoms with Crippen molar-refractivity contribution in [3.05, 3.63) is 0 Å². The second-order valence-electron chi connectivity index (χ2n) is 10.4. The molecule has 2 unspecified atom stereocenters. The first-order valence-corrected chi connectivity index (χ1v) is 17.0. The number of hydrogen-bond acceptors (Lipinski definition) is 7. The molecule has 3 N–H and O–H groups in total. The van der Waals surface area contributed by atoms with Gasteiger partial charge in [-0.1, -0.05) is 117 Å². The molecule has 0 rings (SSSR count). The van der Waals surface area contributed by atoms with E-state index < -0.39 is 26.5 Å². The number of ether oxygens (including phenoxy) is 1. The number of esters is 1. The van der Waals surface area contributed by atoms with Gasteiger partial charge < -0.3 is 20.1 Å². The number of rotatable bonds is 29. The number of unbranched alkanes of at least 4 members (excludes halogenated alkanes) is 16. The summed E-state index contributed by atoms with van der Waals surface area (Å²) >= 11 is 0. The number of aliphatic hydroxyl groups excluding tert-OH is 1. The highest BCUT2D eigenvalue weighted by molar-refractivity contribution is 7.47. The van der Waals surface area contributed by atoms with Gasteiger partial charge in [0.25, 0.3) is 0 Å². The molecule has 1 amide bonds. The van der Waals surface area contributed by atoms with Crippen LogP contribution in [0.5, 0.6) is 0 Å². The van der Waals surface area contributed by atoms with Gasteiger partial charge in [-0.15, -0.1) is 0 Å². The normalized spacial score (nSPS) is 13.6. The molecule has 232 valence electrons. The van der Waals surface area contributed by atoms with Gasteiger partial charge in [0.2, 0.25) is 5.91 Å². The van der Waals surface area contributed by atoms with Crippen molar-refractivity contribution in [2.24, 2.45) is 0 Å². The summed E-state index contributed by atoms with van der Waals surface area (Å²) in [5.41, 5.74) is 0. The topological polar surface area (TPSA) is 131 Å². The first-order chi connectivity index (χ1) is 18.8. The molecule has 0 aliphatic heterocycles. The lowest BCUT2D eigenvalue weighted by Gasteiger charge is -2.15. The third-order valence-electron chi connectivity index (χ3n) is 6.54. The number of hydrogen-bond donors (Lipinski definition) is 3. The predicted octanol–water partition coefficient (Wildman–Crippen LogP) is 6.98. The van der Waals surface area contributed by atoms with E-state index in [1.54, 1.807) is 0 Å². The van der Waals surface area contributed by atoms with Crippen molar-refractivity contribution in [2.75, 3.05) is 26.4 Å². The molecule has 0 aromatic heterocycles. The lowest BCUT2D eigenvalue weighted by Crippen LogP contribution is -2.27. The largest absolute Gasteiger partial charge is 0.472 e. The lowest BCUT2D eigenvalue weighted by molar-refractivity contribution is -0.147. The van der Waals surface area contributed by atoms with Crippen LogP contribution >= 0.6 is 7.82 Å². The Labute approximate surface area is 237 Å². The minimum atomic E-state index is -4.39. The number of phosphoric acid groups is 1.